The fourth-order valence-electron chi connectivity index (χ4n) is 4.48. The monoisotopic (exact) mass is 522 g/mol. The third-order valence-corrected chi connectivity index (χ3v) is 8.62. The molecule has 0 aliphatic heterocycles. The minimum Gasteiger partial charge on any atom is -0.467 e. The average molecular weight is 523 g/mol. The predicted molar refractivity (Wildman–Crippen MR) is 157 cm³/mol. The smallest absolute Gasteiger partial charge is 0.188 e. The molecule has 0 aromatic heterocycles. The van der Waals surface area contributed by atoms with E-state index in [9.17, 15) is 0 Å². The summed E-state index contributed by atoms with van der Waals surface area (Å²) in [5, 5.41) is 3.56. The van der Waals surface area contributed by atoms with E-state index in [1.54, 1.807) is 14.2 Å². The fourth-order valence-corrected chi connectivity index (χ4v) is 7.21. The number of ether oxygens (including phenoxy) is 4. The molecule has 0 heterocycles. The maximum absolute atomic E-state index is 6.40. The Morgan fingerprint density at radius 1 is 0.622 bits per heavy atom. The van der Waals surface area contributed by atoms with Crippen molar-refractivity contribution in [2.75, 3.05) is 27.8 Å². The van der Waals surface area contributed by atoms with Gasteiger partial charge in [0.05, 0.1) is 0 Å². The second-order valence-corrected chi connectivity index (χ2v) is 13.7. The summed E-state index contributed by atoms with van der Waals surface area (Å²) in [6.07, 6.45) is 0. The first-order valence-corrected chi connectivity index (χ1v) is 14.1. The molecule has 0 aliphatic rings. The zero-order valence-corrected chi connectivity index (χ0v) is 25.1. The van der Waals surface area contributed by atoms with E-state index in [4.69, 9.17) is 18.9 Å². The molecule has 0 aliphatic carbocycles. The summed E-state index contributed by atoms with van der Waals surface area (Å²) in [5.74, 6) is 1.79. The lowest BCUT2D eigenvalue weighted by Gasteiger charge is -2.32. The van der Waals surface area contributed by atoms with Gasteiger partial charge in [-0.25, -0.2) is 0 Å². The van der Waals surface area contributed by atoms with Crippen LogP contribution in [0.5, 0.6) is 11.5 Å². The Kier molecular flexibility index (Phi) is 9.45. The van der Waals surface area contributed by atoms with Crippen LogP contribution in [-0.4, -0.2) is 27.8 Å². The van der Waals surface area contributed by atoms with Crippen LogP contribution in [0.15, 0.2) is 54.6 Å². The summed E-state index contributed by atoms with van der Waals surface area (Å²) in [6.45, 7) is 18.1. The number of hydrogen-bond acceptors (Lipinski definition) is 4. The highest BCUT2D eigenvalue weighted by molar-refractivity contribution is 7.80. The standard InChI is InChI=1S/C32H43O4P/c1-22-16-25(31(3,4)5)29(35-20-33-9)27(18-22)37(24-14-12-11-13-15-24)28-19-23(2)17-26(32(6,7)8)30(28)36-21-34-10/h11-19H,20-21H2,1-10H3. The zero-order chi connectivity index (χ0) is 27.4. The maximum Gasteiger partial charge on any atom is 0.188 e. The summed E-state index contributed by atoms with van der Waals surface area (Å²) in [4.78, 5) is 0. The molecule has 0 atom stereocenters. The second kappa shape index (κ2) is 12.0. The number of methoxy groups -OCH3 is 2. The van der Waals surface area contributed by atoms with Gasteiger partial charge in [-0.05, 0) is 61.2 Å². The van der Waals surface area contributed by atoms with Gasteiger partial charge in [0, 0.05) is 36.0 Å². The molecule has 0 spiro atoms. The Labute approximate surface area is 225 Å². The average Bonchev–Trinajstić information content (AvgIpc) is 2.82. The van der Waals surface area contributed by atoms with Gasteiger partial charge in [0.15, 0.2) is 13.6 Å². The minimum absolute atomic E-state index is 0.111. The fraction of sp³-hybridized carbons (Fsp3) is 0.438. The molecular weight excluding hydrogens is 479 g/mol. The summed E-state index contributed by atoms with van der Waals surface area (Å²) in [6, 6.07) is 19.7. The lowest BCUT2D eigenvalue weighted by atomic mass is 9.85. The van der Waals surface area contributed by atoms with Crippen molar-refractivity contribution < 1.29 is 18.9 Å². The molecule has 0 bridgehead atoms. The van der Waals surface area contributed by atoms with E-state index in [-0.39, 0.29) is 24.4 Å². The first kappa shape index (κ1) is 29.2. The summed E-state index contributed by atoms with van der Waals surface area (Å²) in [5.41, 5.74) is 4.53. The predicted octanol–water partition coefficient (Wildman–Crippen LogP) is 6.62. The van der Waals surface area contributed by atoms with Gasteiger partial charge in [-0.2, -0.15) is 0 Å². The van der Waals surface area contributed by atoms with Crippen molar-refractivity contribution in [2.24, 2.45) is 0 Å². The van der Waals surface area contributed by atoms with Crippen LogP contribution in [0.3, 0.4) is 0 Å². The van der Waals surface area contributed by atoms with Crippen molar-refractivity contribution in [3.63, 3.8) is 0 Å². The molecule has 3 aromatic carbocycles. The SMILES string of the molecule is COCOc1c(P(c2ccccc2)c2cc(C)cc(C(C)(C)C)c2OCOC)cc(C)cc1C(C)(C)C. The summed E-state index contributed by atoms with van der Waals surface area (Å²) in [7, 11) is 2.29. The van der Waals surface area contributed by atoms with Crippen molar-refractivity contribution in [2.45, 2.75) is 66.2 Å². The Bertz CT molecular complexity index is 1110. The Morgan fingerprint density at radius 3 is 1.38 bits per heavy atom. The van der Waals surface area contributed by atoms with E-state index < -0.39 is 7.92 Å². The Balaban J connectivity index is 2.47. The number of benzene rings is 3. The van der Waals surface area contributed by atoms with Crippen LogP contribution in [0.4, 0.5) is 0 Å². The molecule has 0 fully saturated rings. The van der Waals surface area contributed by atoms with Gasteiger partial charge in [0.25, 0.3) is 0 Å². The minimum atomic E-state index is -1.04. The first-order valence-electron chi connectivity index (χ1n) is 12.8. The zero-order valence-electron chi connectivity index (χ0n) is 24.2. The molecule has 37 heavy (non-hydrogen) atoms. The van der Waals surface area contributed by atoms with Crippen LogP contribution >= 0.6 is 7.92 Å². The van der Waals surface area contributed by atoms with Gasteiger partial charge in [-0.3, -0.25) is 0 Å². The largest absolute Gasteiger partial charge is 0.467 e. The van der Waals surface area contributed by atoms with Crippen molar-refractivity contribution in [1.82, 2.24) is 0 Å². The van der Waals surface area contributed by atoms with Crippen LogP contribution < -0.4 is 25.4 Å². The molecule has 0 saturated heterocycles. The summed E-state index contributed by atoms with van der Waals surface area (Å²) >= 11 is 0. The van der Waals surface area contributed by atoms with Crippen molar-refractivity contribution in [1.29, 1.82) is 0 Å². The van der Waals surface area contributed by atoms with E-state index in [0.29, 0.717) is 0 Å². The van der Waals surface area contributed by atoms with Crippen molar-refractivity contribution in [3.8, 4) is 11.5 Å². The van der Waals surface area contributed by atoms with Crippen LogP contribution in [0.2, 0.25) is 0 Å². The lowest BCUT2D eigenvalue weighted by molar-refractivity contribution is 0.0506. The molecule has 0 radical (unpaired) electrons. The van der Waals surface area contributed by atoms with Gasteiger partial charge in [0.1, 0.15) is 11.5 Å². The number of rotatable bonds is 9. The van der Waals surface area contributed by atoms with Gasteiger partial charge in [0.2, 0.25) is 0 Å². The lowest BCUT2D eigenvalue weighted by Crippen LogP contribution is -2.29. The van der Waals surface area contributed by atoms with E-state index in [2.05, 4.69) is 110 Å². The van der Waals surface area contributed by atoms with E-state index >= 15 is 0 Å². The van der Waals surface area contributed by atoms with Crippen LogP contribution in [0.1, 0.15) is 63.8 Å². The van der Waals surface area contributed by atoms with Crippen LogP contribution in [0.25, 0.3) is 0 Å². The van der Waals surface area contributed by atoms with E-state index in [1.165, 1.54) is 27.6 Å². The van der Waals surface area contributed by atoms with Crippen LogP contribution in [-0.2, 0) is 20.3 Å². The molecule has 0 saturated carbocycles. The molecule has 3 rings (SSSR count). The molecule has 0 unspecified atom stereocenters. The quantitative estimate of drug-likeness (QED) is 0.234. The number of hydrogen-bond donors (Lipinski definition) is 0. The molecule has 4 nitrogen and oxygen atoms in total. The first-order chi connectivity index (χ1) is 17.4. The normalized spacial score (nSPS) is 12.2. The third-order valence-electron chi connectivity index (χ3n) is 6.18. The van der Waals surface area contributed by atoms with E-state index in [1.807, 2.05) is 0 Å². The maximum atomic E-state index is 6.40. The molecule has 0 N–H and O–H groups in total. The highest BCUT2D eigenvalue weighted by Gasteiger charge is 2.32. The van der Waals surface area contributed by atoms with Gasteiger partial charge in [-0.1, -0.05) is 84.0 Å². The number of aryl methyl sites for hydroxylation is 2. The van der Waals surface area contributed by atoms with Crippen LogP contribution in [0, 0.1) is 13.8 Å². The van der Waals surface area contributed by atoms with Crippen molar-refractivity contribution in [3.05, 3.63) is 76.9 Å². The summed E-state index contributed by atoms with van der Waals surface area (Å²) < 4.78 is 23.6. The Hall–Kier alpha value is -2.39. The molecule has 5 heteroatoms. The molecule has 0 amide bonds. The molecule has 200 valence electrons. The van der Waals surface area contributed by atoms with Gasteiger partial charge < -0.3 is 18.9 Å². The van der Waals surface area contributed by atoms with Gasteiger partial charge >= 0.3 is 0 Å². The highest BCUT2D eigenvalue weighted by Crippen LogP contribution is 2.45. The third kappa shape index (κ3) is 6.93. The highest BCUT2D eigenvalue weighted by atomic mass is 31.1. The molecule has 3 aromatic rings. The Morgan fingerprint density at radius 2 is 1.03 bits per heavy atom. The molecular formula is C32H43O4P. The van der Waals surface area contributed by atoms with Crippen molar-refractivity contribution >= 4 is 23.8 Å². The topological polar surface area (TPSA) is 36.9 Å². The second-order valence-electron chi connectivity index (χ2n) is 11.6. The van der Waals surface area contributed by atoms with E-state index in [0.717, 1.165) is 22.1 Å². The van der Waals surface area contributed by atoms with Gasteiger partial charge in [-0.15, -0.1) is 0 Å².